The summed E-state index contributed by atoms with van der Waals surface area (Å²) in [5.74, 6) is 1.01. The molecule has 0 unspecified atom stereocenters. The Morgan fingerprint density at radius 1 is 1.40 bits per heavy atom. The van der Waals surface area contributed by atoms with E-state index >= 15 is 0 Å². The van der Waals surface area contributed by atoms with Gasteiger partial charge in [0, 0.05) is 17.3 Å². The summed E-state index contributed by atoms with van der Waals surface area (Å²) in [6.45, 7) is 0.490. The van der Waals surface area contributed by atoms with Gasteiger partial charge in [-0.2, -0.15) is 5.10 Å². The molecule has 25 heavy (non-hydrogen) atoms. The maximum absolute atomic E-state index is 12.6. The van der Waals surface area contributed by atoms with Crippen molar-refractivity contribution in [2.75, 3.05) is 0 Å². The Hall–Kier alpha value is -2.38. The Labute approximate surface area is 149 Å². The molecule has 3 aromatic heterocycles. The molecule has 130 valence electrons. The number of furan rings is 1. The number of carbonyl (C=O) groups excluding carboxylic acids is 1. The van der Waals surface area contributed by atoms with Gasteiger partial charge in [-0.3, -0.25) is 9.48 Å². The molecule has 3 aromatic rings. The zero-order valence-corrected chi connectivity index (χ0v) is 14.4. The van der Waals surface area contributed by atoms with Gasteiger partial charge in [0.05, 0.1) is 18.7 Å². The lowest BCUT2D eigenvalue weighted by atomic mass is 9.76. The lowest BCUT2D eigenvalue weighted by Crippen LogP contribution is -2.41. The normalized spacial score (nSPS) is 20.8. The summed E-state index contributed by atoms with van der Waals surface area (Å²) in [4.78, 5) is 13.7. The Kier molecular flexibility index (Phi) is 4.42. The monoisotopic (exact) mass is 357 g/mol. The minimum atomic E-state index is -0.256. The molecule has 0 aliphatic heterocycles. The molecule has 0 spiro atoms. The molecule has 6 nitrogen and oxygen atoms in total. The third-order valence-corrected chi connectivity index (χ3v) is 5.48. The van der Waals surface area contributed by atoms with E-state index in [0.717, 1.165) is 4.88 Å². The summed E-state index contributed by atoms with van der Waals surface area (Å²) >= 11 is 1.62. The zero-order valence-electron chi connectivity index (χ0n) is 13.5. The lowest BCUT2D eigenvalue weighted by molar-refractivity contribution is 0.0238. The van der Waals surface area contributed by atoms with Crippen molar-refractivity contribution in [1.82, 2.24) is 15.1 Å². The maximum Gasteiger partial charge on any atom is 0.287 e. The number of nitrogens with one attached hydrogen (secondary N) is 1. The van der Waals surface area contributed by atoms with Crippen molar-refractivity contribution in [3.05, 3.63) is 64.5 Å². The minimum absolute atomic E-state index is 0.0874. The topological polar surface area (TPSA) is 80.3 Å². The molecule has 1 atom stereocenters. The van der Waals surface area contributed by atoms with Crippen LogP contribution < -0.4 is 5.32 Å². The Morgan fingerprint density at radius 3 is 2.96 bits per heavy atom. The molecule has 4 rings (SSSR count). The van der Waals surface area contributed by atoms with Gasteiger partial charge in [0.25, 0.3) is 5.91 Å². The molecule has 0 saturated heterocycles. The molecule has 0 aromatic carbocycles. The van der Waals surface area contributed by atoms with Crippen LogP contribution in [0.4, 0.5) is 0 Å². The molecule has 0 bridgehead atoms. The van der Waals surface area contributed by atoms with Crippen molar-refractivity contribution in [3.63, 3.8) is 0 Å². The van der Waals surface area contributed by atoms with E-state index < -0.39 is 0 Å². The SMILES string of the molecule is O=C(N[C@H](c1cccs1)C1CC(O)C1)c1ccc(Cn2cccn2)o1. The number of hydrogen-bond acceptors (Lipinski definition) is 5. The van der Waals surface area contributed by atoms with Crippen molar-refractivity contribution >= 4 is 17.2 Å². The number of thiophene rings is 1. The molecule has 1 aliphatic rings. The first-order chi connectivity index (χ1) is 12.2. The van der Waals surface area contributed by atoms with Crippen LogP contribution in [0, 0.1) is 5.92 Å². The van der Waals surface area contributed by atoms with E-state index in [2.05, 4.69) is 10.4 Å². The Bertz CT molecular complexity index is 820. The highest BCUT2D eigenvalue weighted by atomic mass is 32.1. The van der Waals surface area contributed by atoms with Gasteiger partial charge in [-0.25, -0.2) is 0 Å². The van der Waals surface area contributed by atoms with Crippen LogP contribution in [0.3, 0.4) is 0 Å². The number of aliphatic hydroxyl groups is 1. The third kappa shape index (κ3) is 3.52. The number of nitrogens with zero attached hydrogens (tertiary/aromatic N) is 2. The smallest absolute Gasteiger partial charge is 0.287 e. The van der Waals surface area contributed by atoms with Crippen LogP contribution in [0.5, 0.6) is 0 Å². The number of hydrogen-bond donors (Lipinski definition) is 2. The second-order valence-corrected chi connectivity index (χ2v) is 7.30. The van der Waals surface area contributed by atoms with Crippen molar-refractivity contribution in [3.8, 4) is 0 Å². The molecule has 0 radical (unpaired) electrons. The molecule has 1 fully saturated rings. The fraction of sp³-hybridized carbons (Fsp3) is 0.333. The first-order valence-corrected chi connectivity index (χ1v) is 9.15. The number of rotatable bonds is 6. The van der Waals surface area contributed by atoms with E-state index in [0.29, 0.717) is 30.9 Å². The van der Waals surface area contributed by atoms with Gasteiger partial charge in [0.15, 0.2) is 5.76 Å². The number of aromatic nitrogens is 2. The van der Waals surface area contributed by atoms with Crippen molar-refractivity contribution in [2.45, 2.75) is 31.5 Å². The standard InChI is InChI=1S/C18H19N3O3S/c22-13-9-12(10-13)17(16-3-1-8-25-16)20-18(23)15-5-4-14(24-15)11-21-7-2-6-19-21/h1-8,12-13,17,22H,9-11H2,(H,20,23)/t12?,13?,17-/m0/s1. The Morgan fingerprint density at radius 2 is 2.28 bits per heavy atom. The largest absolute Gasteiger partial charge is 0.454 e. The molecule has 7 heteroatoms. The third-order valence-electron chi connectivity index (χ3n) is 4.52. The summed E-state index contributed by atoms with van der Waals surface area (Å²) < 4.78 is 7.41. The van der Waals surface area contributed by atoms with Crippen LogP contribution in [0.15, 0.2) is 52.5 Å². The van der Waals surface area contributed by atoms with Gasteiger partial charge in [0.1, 0.15) is 5.76 Å². The number of amides is 1. The average Bonchev–Trinajstić information content (AvgIpc) is 3.31. The Balaban J connectivity index is 1.45. The van der Waals surface area contributed by atoms with Crippen LogP contribution in [0.25, 0.3) is 0 Å². The van der Waals surface area contributed by atoms with Crippen molar-refractivity contribution in [2.24, 2.45) is 5.92 Å². The maximum atomic E-state index is 12.6. The first-order valence-electron chi connectivity index (χ1n) is 8.27. The van der Waals surface area contributed by atoms with E-state index in [1.165, 1.54) is 0 Å². The van der Waals surface area contributed by atoms with Crippen LogP contribution in [0.2, 0.25) is 0 Å². The summed E-state index contributed by atoms with van der Waals surface area (Å²) in [7, 11) is 0. The van der Waals surface area contributed by atoms with E-state index in [1.807, 2.05) is 29.8 Å². The molecular formula is C18H19N3O3S. The van der Waals surface area contributed by atoms with E-state index in [-0.39, 0.29) is 24.0 Å². The predicted molar refractivity (Wildman–Crippen MR) is 93.3 cm³/mol. The highest BCUT2D eigenvalue weighted by Crippen LogP contribution is 2.39. The predicted octanol–water partition coefficient (Wildman–Crippen LogP) is 2.83. The lowest BCUT2D eigenvalue weighted by Gasteiger charge is -2.37. The van der Waals surface area contributed by atoms with Gasteiger partial charge in [0.2, 0.25) is 0 Å². The van der Waals surface area contributed by atoms with Crippen LogP contribution in [0.1, 0.15) is 40.1 Å². The molecule has 1 amide bonds. The van der Waals surface area contributed by atoms with Crippen molar-refractivity contribution < 1.29 is 14.3 Å². The fourth-order valence-corrected chi connectivity index (χ4v) is 4.01. The minimum Gasteiger partial charge on any atom is -0.454 e. The van der Waals surface area contributed by atoms with Gasteiger partial charge < -0.3 is 14.8 Å². The second kappa shape index (κ2) is 6.85. The van der Waals surface area contributed by atoms with E-state index in [1.54, 1.807) is 34.3 Å². The number of aliphatic hydroxyl groups excluding tert-OH is 1. The average molecular weight is 357 g/mol. The fourth-order valence-electron chi connectivity index (χ4n) is 3.14. The highest BCUT2D eigenvalue weighted by Gasteiger charge is 2.36. The highest BCUT2D eigenvalue weighted by molar-refractivity contribution is 7.10. The van der Waals surface area contributed by atoms with E-state index in [4.69, 9.17) is 4.42 Å². The zero-order chi connectivity index (χ0) is 17.2. The first kappa shape index (κ1) is 16.1. The molecule has 2 N–H and O–H groups in total. The van der Waals surface area contributed by atoms with Gasteiger partial charge >= 0.3 is 0 Å². The summed E-state index contributed by atoms with van der Waals surface area (Å²) in [6.07, 6.45) is 4.72. The molecule has 1 aliphatic carbocycles. The summed E-state index contributed by atoms with van der Waals surface area (Å²) in [5, 5.41) is 18.8. The van der Waals surface area contributed by atoms with Crippen LogP contribution in [-0.2, 0) is 6.54 Å². The van der Waals surface area contributed by atoms with Crippen molar-refractivity contribution in [1.29, 1.82) is 0 Å². The van der Waals surface area contributed by atoms with Crippen LogP contribution in [-0.4, -0.2) is 26.9 Å². The van der Waals surface area contributed by atoms with Gasteiger partial charge in [-0.15, -0.1) is 11.3 Å². The quantitative estimate of drug-likeness (QED) is 0.711. The van der Waals surface area contributed by atoms with Crippen LogP contribution >= 0.6 is 11.3 Å². The molecule has 3 heterocycles. The van der Waals surface area contributed by atoms with E-state index in [9.17, 15) is 9.90 Å². The van der Waals surface area contributed by atoms with Gasteiger partial charge in [-0.05, 0) is 48.4 Å². The molecule has 1 saturated carbocycles. The molecular weight excluding hydrogens is 338 g/mol. The van der Waals surface area contributed by atoms with Gasteiger partial charge in [-0.1, -0.05) is 6.07 Å². The summed E-state index contributed by atoms with van der Waals surface area (Å²) in [5.41, 5.74) is 0. The number of carbonyl (C=O) groups is 1. The second-order valence-electron chi connectivity index (χ2n) is 6.32. The summed E-state index contributed by atoms with van der Waals surface area (Å²) in [6, 6.07) is 9.24.